The lowest BCUT2D eigenvalue weighted by Gasteiger charge is -2.39. The van der Waals surface area contributed by atoms with Crippen LogP contribution in [-0.2, 0) is 14.9 Å². The van der Waals surface area contributed by atoms with E-state index in [-0.39, 0.29) is 17.9 Å². The van der Waals surface area contributed by atoms with Crippen molar-refractivity contribution in [1.29, 1.82) is 0 Å². The predicted molar refractivity (Wildman–Crippen MR) is 72.8 cm³/mol. The van der Waals surface area contributed by atoms with E-state index in [0.29, 0.717) is 19.8 Å². The van der Waals surface area contributed by atoms with E-state index in [0.717, 1.165) is 0 Å². The van der Waals surface area contributed by atoms with Crippen LogP contribution in [0, 0.1) is 5.41 Å². The molecule has 0 spiro atoms. The van der Waals surface area contributed by atoms with Crippen LogP contribution in [0.3, 0.4) is 0 Å². The van der Waals surface area contributed by atoms with Crippen molar-refractivity contribution in [3.63, 3.8) is 0 Å². The molecule has 0 unspecified atom stereocenters. The number of nitrogens with one attached hydrogen (secondary N) is 1. The van der Waals surface area contributed by atoms with Gasteiger partial charge in [0.1, 0.15) is 5.41 Å². The molecule has 4 heteroatoms. The number of amides is 1. The molecule has 104 valence electrons. The Balaban J connectivity index is 1.96. The van der Waals surface area contributed by atoms with Gasteiger partial charge in [0.05, 0.1) is 19.8 Å². The second-order valence-corrected chi connectivity index (χ2v) is 5.86. The van der Waals surface area contributed by atoms with Gasteiger partial charge in [-0.2, -0.15) is 0 Å². The van der Waals surface area contributed by atoms with Gasteiger partial charge in [-0.05, 0) is 5.56 Å². The Hall–Kier alpha value is -1.39. The standard InChI is InChI=1S/C15H21NO3/c1-14(2,12-6-4-3-5-7-12)8-16-13(18)15(9-17)10-19-11-15/h3-7,17H,8-11H2,1-2H3,(H,16,18). The molecule has 1 heterocycles. The number of benzene rings is 1. The summed E-state index contributed by atoms with van der Waals surface area (Å²) in [6.45, 7) is 5.17. The Morgan fingerprint density at radius 2 is 2.00 bits per heavy atom. The smallest absolute Gasteiger partial charge is 0.233 e. The Kier molecular flexibility index (Phi) is 3.92. The molecule has 0 atom stereocenters. The van der Waals surface area contributed by atoms with Crippen LogP contribution in [0.5, 0.6) is 0 Å². The maximum absolute atomic E-state index is 12.1. The van der Waals surface area contributed by atoms with Crippen LogP contribution < -0.4 is 5.32 Å². The molecule has 1 aromatic rings. The Morgan fingerprint density at radius 3 is 2.47 bits per heavy atom. The lowest BCUT2D eigenvalue weighted by atomic mass is 9.82. The maximum Gasteiger partial charge on any atom is 0.233 e. The number of carbonyl (C=O) groups is 1. The van der Waals surface area contributed by atoms with Gasteiger partial charge in [-0.25, -0.2) is 0 Å². The van der Waals surface area contributed by atoms with Gasteiger partial charge in [0.15, 0.2) is 0 Å². The molecule has 1 aromatic carbocycles. The molecular weight excluding hydrogens is 242 g/mol. The Morgan fingerprint density at radius 1 is 1.37 bits per heavy atom. The molecule has 1 aliphatic rings. The lowest BCUT2D eigenvalue weighted by molar-refractivity contribution is -0.170. The third-order valence-electron chi connectivity index (χ3n) is 3.79. The predicted octanol–water partition coefficient (Wildman–Crippen LogP) is 1.09. The SMILES string of the molecule is CC(C)(CNC(=O)C1(CO)COC1)c1ccccc1. The van der Waals surface area contributed by atoms with Gasteiger partial charge >= 0.3 is 0 Å². The zero-order valence-corrected chi connectivity index (χ0v) is 11.5. The third kappa shape index (κ3) is 2.80. The van der Waals surface area contributed by atoms with Crippen LogP contribution in [0.15, 0.2) is 30.3 Å². The Labute approximate surface area is 113 Å². The van der Waals surface area contributed by atoms with E-state index in [1.54, 1.807) is 0 Å². The van der Waals surface area contributed by atoms with E-state index in [9.17, 15) is 9.90 Å². The summed E-state index contributed by atoms with van der Waals surface area (Å²) in [6.07, 6.45) is 0. The molecule has 2 rings (SSSR count). The highest BCUT2D eigenvalue weighted by molar-refractivity contribution is 5.84. The summed E-state index contributed by atoms with van der Waals surface area (Å²) in [4.78, 5) is 12.1. The first-order valence-electron chi connectivity index (χ1n) is 6.53. The van der Waals surface area contributed by atoms with Crippen LogP contribution >= 0.6 is 0 Å². The van der Waals surface area contributed by atoms with Crippen molar-refractivity contribution < 1.29 is 14.6 Å². The molecular formula is C15H21NO3. The molecule has 0 saturated carbocycles. The minimum Gasteiger partial charge on any atom is -0.395 e. The molecule has 4 nitrogen and oxygen atoms in total. The minimum absolute atomic E-state index is 0.120. The fraction of sp³-hybridized carbons (Fsp3) is 0.533. The van der Waals surface area contributed by atoms with E-state index >= 15 is 0 Å². The monoisotopic (exact) mass is 263 g/mol. The van der Waals surface area contributed by atoms with Crippen LogP contribution in [0.4, 0.5) is 0 Å². The number of hydrogen-bond donors (Lipinski definition) is 2. The second-order valence-electron chi connectivity index (χ2n) is 5.86. The number of rotatable bonds is 5. The van der Waals surface area contributed by atoms with Crippen LogP contribution in [0.2, 0.25) is 0 Å². The molecule has 1 aliphatic heterocycles. The zero-order valence-electron chi connectivity index (χ0n) is 11.5. The van der Waals surface area contributed by atoms with Gasteiger partial charge in [-0.1, -0.05) is 44.2 Å². The van der Waals surface area contributed by atoms with Crippen molar-refractivity contribution in [2.24, 2.45) is 5.41 Å². The summed E-state index contributed by atoms with van der Waals surface area (Å²) in [7, 11) is 0. The van der Waals surface area contributed by atoms with E-state index in [2.05, 4.69) is 31.3 Å². The number of aliphatic hydroxyl groups is 1. The lowest BCUT2D eigenvalue weighted by Crippen LogP contribution is -2.57. The number of aliphatic hydroxyl groups excluding tert-OH is 1. The molecule has 0 bridgehead atoms. The van der Waals surface area contributed by atoms with Crippen LogP contribution in [0.25, 0.3) is 0 Å². The molecule has 1 saturated heterocycles. The zero-order chi connectivity index (χ0) is 13.9. The molecule has 0 aromatic heterocycles. The van der Waals surface area contributed by atoms with Crippen molar-refractivity contribution in [2.45, 2.75) is 19.3 Å². The van der Waals surface area contributed by atoms with Gasteiger partial charge < -0.3 is 15.2 Å². The quantitative estimate of drug-likeness (QED) is 0.836. The van der Waals surface area contributed by atoms with Crippen LogP contribution in [-0.4, -0.2) is 37.4 Å². The first-order valence-corrected chi connectivity index (χ1v) is 6.53. The molecule has 2 N–H and O–H groups in total. The Bertz CT molecular complexity index is 432. The topological polar surface area (TPSA) is 58.6 Å². The number of hydrogen-bond acceptors (Lipinski definition) is 3. The average molecular weight is 263 g/mol. The van der Waals surface area contributed by atoms with Gasteiger partial charge in [-0.15, -0.1) is 0 Å². The second kappa shape index (κ2) is 5.31. The number of carbonyl (C=O) groups excluding carboxylic acids is 1. The van der Waals surface area contributed by atoms with Gasteiger partial charge in [0.2, 0.25) is 5.91 Å². The molecule has 19 heavy (non-hydrogen) atoms. The summed E-state index contributed by atoms with van der Waals surface area (Å²) in [5, 5.41) is 12.2. The van der Waals surface area contributed by atoms with E-state index < -0.39 is 5.41 Å². The van der Waals surface area contributed by atoms with Gasteiger partial charge in [-0.3, -0.25) is 4.79 Å². The largest absolute Gasteiger partial charge is 0.395 e. The molecule has 1 amide bonds. The highest BCUT2D eigenvalue weighted by Crippen LogP contribution is 2.28. The van der Waals surface area contributed by atoms with Crippen molar-refractivity contribution in [2.75, 3.05) is 26.4 Å². The highest BCUT2D eigenvalue weighted by atomic mass is 16.5. The van der Waals surface area contributed by atoms with Crippen molar-refractivity contribution in [3.05, 3.63) is 35.9 Å². The highest BCUT2D eigenvalue weighted by Gasteiger charge is 2.45. The number of ether oxygens (including phenoxy) is 1. The molecule has 0 aliphatic carbocycles. The summed E-state index contributed by atoms with van der Waals surface area (Å²) in [5.74, 6) is -0.120. The van der Waals surface area contributed by atoms with Gasteiger partial charge in [0, 0.05) is 12.0 Å². The van der Waals surface area contributed by atoms with Gasteiger partial charge in [0.25, 0.3) is 0 Å². The van der Waals surface area contributed by atoms with Crippen LogP contribution in [0.1, 0.15) is 19.4 Å². The molecule has 1 fully saturated rings. The maximum atomic E-state index is 12.1. The third-order valence-corrected chi connectivity index (χ3v) is 3.79. The van der Waals surface area contributed by atoms with E-state index in [1.165, 1.54) is 5.56 Å². The fourth-order valence-electron chi connectivity index (χ4n) is 2.12. The first kappa shape index (κ1) is 14.0. The van der Waals surface area contributed by atoms with Crippen molar-refractivity contribution in [1.82, 2.24) is 5.32 Å². The summed E-state index contributed by atoms with van der Waals surface area (Å²) in [5.41, 5.74) is 0.309. The normalized spacial score (nSPS) is 17.6. The summed E-state index contributed by atoms with van der Waals surface area (Å²) in [6, 6.07) is 10.1. The summed E-state index contributed by atoms with van der Waals surface area (Å²) < 4.78 is 5.05. The van der Waals surface area contributed by atoms with Crippen molar-refractivity contribution >= 4 is 5.91 Å². The van der Waals surface area contributed by atoms with E-state index in [4.69, 9.17) is 4.74 Å². The average Bonchev–Trinajstić information content (AvgIpc) is 2.37. The fourth-order valence-corrected chi connectivity index (χ4v) is 2.12. The van der Waals surface area contributed by atoms with Crippen molar-refractivity contribution in [3.8, 4) is 0 Å². The molecule has 0 radical (unpaired) electrons. The first-order chi connectivity index (χ1) is 9.00. The summed E-state index contributed by atoms with van der Waals surface area (Å²) >= 11 is 0. The van der Waals surface area contributed by atoms with E-state index in [1.807, 2.05) is 18.2 Å². The minimum atomic E-state index is -0.729.